The quantitative estimate of drug-likeness (QED) is 0.853. The van der Waals surface area contributed by atoms with Crippen molar-refractivity contribution in [1.82, 2.24) is 0 Å². The van der Waals surface area contributed by atoms with Crippen LogP contribution in [-0.2, 0) is 0 Å². The summed E-state index contributed by atoms with van der Waals surface area (Å²) in [5.74, 6) is 0. The zero-order chi connectivity index (χ0) is 12.3. The normalized spacial score (nSPS) is 9.94. The Labute approximate surface area is 99.9 Å². The molecule has 0 aromatic heterocycles. The fraction of sp³-hybridized carbons (Fsp3) is 0.0714. The van der Waals surface area contributed by atoms with Crippen molar-refractivity contribution in [3.8, 4) is 11.1 Å². The zero-order valence-electron chi connectivity index (χ0n) is 9.50. The number of amides is 1. The number of hydrogen-bond acceptors (Lipinski definition) is 1. The number of benzene rings is 2. The van der Waals surface area contributed by atoms with Crippen LogP contribution in [-0.4, -0.2) is 18.2 Å². The van der Waals surface area contributed by atoms with Gasteiger partial charge in [0.05, 0.1) is 0 Å². The zero-order valence-corrected chi connectivity index (χ0v) is 9.50. The molecule has 3 heteroatoms. The Morgan fingerprint density at radius 3 is 2.00 bits per heavy atom. The molecule has 86 valence electrons. The van der Waals surface area contributed by atoms with E-state index in [9.17, 15) is 4.79 Å². The predicted molar refractivity (Wildman–Crippen MR) is 68.3 cm³/mol. The highest BCUT2D eigenvalue weighted by Gasteiger charge is 2.07. The van der Waals surface area contributed by atoms with Crippen LogP contribution in [0.3, 0.4) is 0 Å². The van der Waals surface area contributed by atoms with Gasteiger partial charge in [-0.2, -0.15) is 0 Å². The van der Waals surface area contributed by atoms with Crippen molar-refractivity contribution in [2.75, 3.05) is 11.9 Å². The number of carboxylic acid groups (broad SMARTS) is 1. The van der Waals surface area contributed by atoms with Crippen LogP contribution < -0.4 is 4.90 Å². The highest BCUT2D eigenvalue weighted by atomic mass is 16.4. The van der Waals surface area contributed by atoms with Gasteiger partial charge in [0.2, 0.25) is 0 Å². The molecule has 0 bridgehead atoms. The molecule has 3 nitrogen and oxygen atoms in total. The van der Waals surface area contributed by atoms with Crippen molar-refractivity contribution in [3.05, 3.63) is 54.6 Å². The fourth-order valence-electron chi connectivity index (χ4n) is 1.62. The molecule has 0 saturated carbocycles. The van der Waals surface area contributed by atoms with E-state index in [-0.39, 0.29) is 0 Å². The summed E-state index contributed by atoms with van der Waals surface area (Å²) in [5.41, 5.74) is 2.86. The van der Waals surface area contributed by atoms with Crippen LogP contribution in [0.2, 0.25) is 0 Å². The van der Waals surface area contributed by atoms with Crippen molar-refractivity contribution >= 4 is 11.8 Å². The van der Waals surface area contributed by atoms with E-state index in [0.29, 0.717) is 5.69 Å². The van der Waals surface area contributed by atoms with E-state index in [2.05, 4.69) is 0 Å². The summed E-state index contributed by atoms with van der Waals surface area (Å²) in [6, 6.07) is 17.4. The number of hydrogen-bond donors (Lipinski definition) is 1. The average molecular weight is 227 g/mol. The molecule has 2 aromatic carbocycles. The molecule has 1 N–H and O–H groups in total. The number of nitrogens with zero attached hydrogens (tertiary/aromatic N) is 1. The van der Waals surface area contributed by atoms with E-state index in [0.717, 1.165) is 11.1 Å². The molecule has 0 aliphatic rings. The standard InChI is InChI=1S/C14H13NO2/c1-15(14(16)17)13-9-7-12(8-10-13)11-5-3-2-4-6-11/h2-10H,1H3,(H,16,17). The van der Waals surface area contributed by atoms with Crippen LogP contribution in [0.1, 0.15) is 0 Å². The van der Waals surface area contributed by atoms with Crippen molar-refractivity contribution in [2.45, 2.75) is 0 Å². The van der Waals surface area contributed by atoms with Crippen LogP contribution in [0.4, 0.5) is 10.5 Å². The lowest BCUT2D eigenvalue weighted by atomic mass is 10.1. The van der Waals surface area contributed by atoms with Gasteiger partial charge in [-0.15, -0.1) is 0 Å². The summed E-state index contributed by atoms with van der Waals surface area (Å²) < 4.78 is 0. The number of carbonyl (C=O) groups is 1. The minimum atomic E-state index is -0.961. The predicted octanol–water partition coefficient (Wildman–Crippen LogP) is 3.47. The van der Waals surface area contributed by atoms with Gasteiger partial charge in [-0.1, -0.05) is 42.5 Å². The Morgan fingerprint density at radius 1 is 0.941 bits per heavy atom. The maximum Gasteiger partial charge on any atom is 0.411 e. The lowest BCUT2D eigenvalue weighted by molar-refractivity contribution is 0.203. The topological polar surface area (TPSA) is 40.5 Å². The summed E-state index contributed by atoms with van der Waals surface area (Å²) >= 11 is 0. The molecule has 2 aromatic rings. The third-order valence-electron chi connectivity index (χ3n) is 2.65. The summed E-state index contributed by atoms with van der Waals surface area (Å²) in [7, 11) is 1.53. The minimum absolute atomic E-state index is 0.664. The first-order chi connectivity index (χ1) is 8.18. The number of anilines is 1. The molecule has 0 aliphatic heterocycles. The third-order valence-corrected chi connectivity index (χ3v) is 2.65. The van der Waals surface area contributed by atoms with Gasteiger partial charge >= 0.3 is 6.09 Å². The van der Waals surface area contributed by atoms with E-state index in [1.807, 2.05) is 42.5 Å². The summed E-state index contributed by atoms with van der Waals surface area (Å²) in [5, 5.41) is 8.85. The molecule has 0 heterocycles. The largest absolute Gasteiger partial charge is 0.465 e. The van der Waals surface area contributed by atoms with Crippen molar-refractivity contribution < 1.29 is 9.90 Å². The van der Waals surface area contributed by atoms with Gasteiger partial charge in [0.15, 0.2) is 0 Å². The van der Waals surface area contributed by atoms with E-state index in [1.165, 1.54) is 11.9 Å². The molecule has 0 aliphatic carbocycles. The maximum absolute atomic E-state index is 10.8. The van der Waals surface area contributed by atoms with Gasteiger partial charge in [0, 0.05) is 12.7 Å². The van der Waals surface area contributed by atoms with Gasteiger partial charge in [0.25, 0.3) is 0 Å². The van der Waals surface area contributed by atoms with Crippen LogP contribution in [0.25, 0.3) is 11.1 Å². The van der Waals surface area contributed by atoms with Crippen LogP contribution in [0.5, 0.6) is 0 Å². The molecule has 0 spiro atoms. The van der Waals surface area contributed by atoms with Crippen LogP contribution in [0, 0.1) is 0 Å². The van der Waals surface area contributed by atoms with Crippen molar-refractivity contribution in [2.24, 2.45) is 0 Å². The van der Waals surface area contributed by atoms with Crippen molar-refractivity contribution in [1.29, 1.82) is 0 Å². The summed E-state index contributed by atoms with van der Waals surface area (Å²) in [6.07, 6.45) is -0.961. The molecule has 2 rings (SSSR count). The Bertz CT molecular complexity index is 506. The van der Waals surface area contributed by atoms with Gasteiger partial charge in [-0.25, -0.2) is 4.79 Å². The van der Waals surface area contributed by atoms with E-state index < -0.39 is 6.09 Å². The Kier molecular flexibility index (Phi) is 3.10. The lowest BCUT2D eigenvalue weighted by Gasteiger charge is -2.13. The molecular formula is C14H13NO2. The van der Waals surface area contributed by atoms with Gasteiger partial charge in [-0.05, 0) is 23.3 Å². The minimum Gasteiger partial charge on any atom is -0.465 e. The molecular weight excluding hydrogens is 214 g/mol. The molecule has 17 heavy (non-hydrogen) atoms. The fourth-order valence-corrected chi connectivity index (χ4v) is 1.62. The van der Waals surface area contributed by atoms with Gasteiger partial charge < -0.3 is 5.11 Å². The van der Waals surface area contributed by atoms with E-state index in [1.54, 1.807) is 12.1 Å². The number of rotatable bonds is 2. The molecule has 0 unspecified atom stereocenters. The maximum atomic E-state index is 10.8. The van der Waals surface area contributed by atoms with Gasteiger partial charge in [-0.3, -0.25) is 4.90 Å². The molecule has 0 fully saturated rings. The second-order valence-corrected chi connectivity index (χ2v) is 3.75. The Morgan fingerprint density at radius 2 is 1.47 bits per heavy atom. The Hall–Kier alpha value is -2.29. The van der Waals surface area contributed by atoms with Crippen LogP contribution in [0.15, 0.2) is 54.6 Å². The van der Waals surface area contributed by atoms with Crippen molar-refractivity contribution in [3.63, 3.8) is 0 Å². The monoisotopic (exact) mass is 227 g/mol. The Balaban J connectivity index is 2.28. The highest BCUT2D eigenvalue weighted by molar-refractivity contribution is 5.85. The van der Waals surface area contributed by atoms with E-state index >= 15 is 0 Å². The lowest BCUT2D eigenvalue weighted by Crippen LogP contribution is -2.23. The summed E-state index contributed by atoms with van der Waals surface area (Å²) in [4.78, 5) is 12.0. The molecule has 0 atom stereocenters. The molecule has 0 radical (unpaired) electrons. The smallest absolute Gasteiger partial charge is 0.411 e. The first kappa shape index (κ1) is 11.2. The third kappa shape index (κ3) is 2.45. The molecule has 1 amide bonds. The average Bonchev–Trinajstić information content (AvgIpc) is 2.39. The van der Waals surface area contributed by atoms with Gasteiger partial charge in [0.1, 0.15) is 0 Å². The second-order valence-electron chi connectivity index (χ2n) is 3.75. The first-order valence-electron chi connectivity index (χ1n) is 5.30. The van der Waals surface area contributed by atoms with Crippen LogP contribution >= 0.6 is 0 Å². The SMILES string of the molecule is CN(C(=O)O)c1ccc(-c2ccccc2)cc1. The second kappa shape index (κ2) is 4.70. The highest BCUT2D eigenvalue weighted by Crippen LogP contribution is 2.22. The molecule has 0 saturated heterocycles. The van der Waals surface area contributed by atoms with E-state index in [4.69, 9.17) is 5.11 Å². The first-order valence-corrected chi connectivity index (χ1v) is 5.30. The summed E-state index contributed by atoms with van der Waals surface area (Å²) in [6.45, 7) is 0.